The molecule has 3 aromatic rings. The Morgan fingerprint density at radius 2 is 1.55 bits per heavy atom. The van der Waals surface area contributed by atoms with Crippen LogP contribution in [0.2, 0.25) is 0 Å². The second kappa shape index (κ2) is 10.9. The van der Waals surface area contributed by atoms with Gasteiger partial charge in [0.25, 0.3) is 0 Å². The first kappa shape index (κ1) is 23.5. The molecule has 1 amide bonds. The normalized spacial score (nSPS) is 11.2. The van der Waals surface area contributed by atoms with Gasteiger partial charge in [0, 0.05) is 17.8 Å². The molecule has 8 nitrogen and oxygen atoms in total. The molecular formula is C25H28N4O4. The molecule has 1 atom stereocenters. The Labute approximate surface area is 193 Å². The molecule has 0 saturated carbocycles. The number of amides is 1. The van der Waals surface area contributed by atoms with E-state index >= 15 is 0 Å². The van der Waals surface area contributed by atoms with Gasteiger partial charge in [-0.25, -0.2) is 0 Å². The van der Waals surface area contributed by atoms with Crippen LogP contribution in [0.4, 0.5) is 5.69 Å². The first-order chi connectivity index (χ1) is 16.0. The van der Waals surface area contributed by atoms with Crippen LogP contribution in [0.15, 0.2) is 66.7 Å². The number of ether oxygens (including phenoxy) is 3. The molecule has 0 bridgehead atoms. The van der Waals surface area contributed by atoms with Crippen LogP contribution >= 0.6 is 0 Å². The van der Waals surface area contributed by atoms with E-state index in [1.807, 2.05) is 30.3 Å². The summed E-state index contributed by atoms with van der Waals surface area (Å²) in [6.45, 7) is 0.381. The van der Waals surface area contributed by atoms with Gasteiger partial charge in [-0.05, 0) is 47.5 Å². The van der Waals surface area contributed by atoms with Gasteiger partial charge in [-0.1, -0.05) is 30.3 Å². The first-order valence-corrected chi connectivity index (χ1v) is 10.3. The van der Waals surface area contributed by atoms with E-state index in [1.165, 1.54) is 21.3 Å². The summed E-state index contributed by atoms with van der Waals surface area (Å²) in [5.41, 5.74) is 8.45. The van der Waals surface area contributed by atoms with Crippen molar-refractivity contribution in [1.29, 1.82) is 5.41 Å². The SMILES string of the molecule is COc1cc([C@@H](Nc2ccc(C(=N)N)cc2)C(=O)NCc2ccccc2)cc(OC)c1OC. The number of methoxy groups -OCH3 is 3. The molecule has 33 heavy (non-hydrogen) atoms. The van der Waals surface area contributed by atoms with Gasteiger partial charge in [0.15, 0.2) is 11.5 Å². The van der Waals surface area contributed by atoms with Crippen molar-refractivity contribution in [2.24, 2.45) is 5.73 Å². The summed E-state index contributed by atoms with van der Waals surface area (Å²) in [5.74, 6) is 1.08. The molecule has 0 heterocycles. The first-order valence-electron chi connectivity index (χ1n) is 10.3. The number of anilines is 1. The van der Waals surface area contributed by atoms with E-state index in [9.17, 15) is 4.79 Å². The molecule has 8 heteroatoms. The van der Waals surface area contributed by atoms with Gasteiger partial charge in [-0.2, -0.15) is 0 Å². The fourth-order valence-corrected chi connectivity index (χ4v) is 3.37. The molecule has 0 aromatic heterocycles. The number of nitrogens with two attached hydrogens (primary N) is 1. The number of benzene rings is 3. The van der Waals surface area contributed by atoms with Crippen molar-refractivity contribution >= 4 is 17.4 Å². The highest BCUT2D eigenvalue weighted by Crippen LogP contribution is 2.40. The van der Waals surface area contributed by atoms with Crippen LogP contribution < -0.4 is 30.6 Å². The van der Waals surface area contributed by atoms with Gasteiger partial charge in [0.2, 0.25) is 11.7 Å². The number of hydrogen-bond acceptors (Lipinski definition) is 6. The maximum Gasteiger partial charge on any atom is 0.247 e. The summed E-state index contributed by atoms with van der Waals surface area (Å²) in [6, 6.07) is 19.4. The summed E-state index contributed by atoms with van der Waals surface area (Å²) in [5, 5.41) is 13.8. The summed E-state index contributed by atoms with van der Waals surface area (Å²) < 4.78 is 16.3. The largest absolute Gasteiger partial charge is 0.493 e. The van der Waals surface area contributed by atoms with Crippen LogP contribution in [-0.2, 0) is 11.3 Å². The molecule has 0 saturated heterocycles. The second-order valence-electron chi connectivity index (χ2n) is 7.23. The third kappa shape index (κ3) is 5.74. The van der Waals surface area contributed by atoms with Crippen LogP contribution in [0.1, 0.15) is 22.7 Å². The van der Waals surface area contributed by atoms with Crippen molar-refractivity contribution in [2.75, 3.05) is 26.6 Å². The predicted molar refractivity (Wildman–Crippen MR) is 128 cm³/mol. The Kier molecular flexibility index (Phi) is 7.75. The van der Waals surface area contributed by atoms with Crippen LogP contribution in [0.5, 0.6) is 17.2 Å². The molecule has 0 aliphatic carbocycles. The number of hydrogen-bond donors (Lipinski definition) is 4. The average Bonchev–Trinajstić information content (AvgIpc) is 2.85. The topological polar surface area (TPSA) is 119 Å². The molecule has 5 N–H and O–H groups in total. The molecule has 3 aromatic carbocycles. The van der Waals surface area contributed by atoms with Crippen molar-refractivity contribution in [2.45, 2.75) is 12.6 Å². The van der Waals surface area contributed by atoms with E-state index in [0.29, 0.717) is 40.6 Å². The molecular weight excluding hydrogens is 420 g/mol. The number of amidine groups is 1. The van der Waals surface area contributed by atoms with Crippen molar-refractivity contribution in [3.63, 3.8) is 0 Å². The van der Waals surface area contributed by atoms with Gasteiger partial charge >= 0.3 is 0 Å². The maximum atomic E-state index is 13.3. The number of rotatable bonds is 10. The summed E-state index contributed by atoms with van der Waals surface area (Å²) in [4.78, 5) is 13.3. The average molecular weight is 449 g/mol. The van der Waals surface area contributed by atoms with Gasteiger partial charge in [-0.3, -0.25) is 10.2 Å². The number of carbonyl (C=O) groups is 1. The number of nitrogen functional groups attached to an aromatic ring is 1. The van der Waals surface area contributed by atoms with Crippen LogP contribution in [0.3, 0.4) is 0 Å². The van der Waals surface area contributed by atoms with E-state index in [-0.39, 0.29) is 11.7 Å². The van der Waals surface area contributed by atoms with Crippen LogP contribution in [-0.4, -0.2) is 33.1 Å². The maximum absolute atomic E-state index is 13.3. The zero-order valence-corrected chi connectivity index (χ0v) is 18.8. The van der Waals surface area contributed by atoms with Gasteiger partial charge < -0.3 is 30.6 Å². The smallest absolute Gasteiger partial charge is 0.247 e. The Hall–Kier alpha value is -4.20. The number of carbonyl (C=O) groups excluding carboxylic acids is 1. The molecule has 3 rings (SSSR count). The Morgan fingerprint density at radius 1 is 0.939 bits per heavy atom. The van der Waals surface area contributed by atoms with Gasteiger partial charge in [0.1, 0.15) is 11.9 Å². The monoisotopic (exact) mass is 448 g/mol. The van der Waals surface area contributed by atoms with Crippen molar-refractivity contribution in [3.05, 3.63) is 83.4 Å². The third-order valence-electron chi connectivity index (χ3n) is 5.10. The second-order valence-corrected chi connectivity index (χ2v) is 7.23. The highest BCUT2D eigenvalue weighted by Gasteiger charge is 2.24. The summed E-state index contributed by atoms with van der Waals surface area (Å²) >= 11 is 0. The zero-order valence-electron chi connectivity index (χ0n) is 18.8. The highest BCUT2D eigenvalue weighted by molar-refractivity contribution is 5.95. The van der Waals surface area contributed by atoms with Gasteiger partial charge in [0.05, 0.1) is 21.3 Å². The third-order valence-corrected chi connectivity index (χ3v) is 5.10. The lowest BCUT2D eigenvalue weighted by Gasteiger charge is -2.22. The molecule has 0 fully saturated rings. The van der Waals surface area contributed by atoms with E-state index in [1.54, 1.807) is 36.4 Å². The van der Waals surface area contributed by atoms with Crippen molar-refractivity contribution in [3.8, 4) is 17.2 Å². The predicted octanol–water partition coefficient (Wildman–Crippen LogP) is 3.47. The van der Waals surface area contributed by atoms with Crippen molar-refractivity contribution in [1.82, 2.24) is 5.32 Å². The Balaban J connectivity index is 1.95. The zero-order chi connectivity index (χ0) is 23.8. The molecule has 0 aliphatic rings. The standard InChI is InChI=1S/C25H28N4O4/c1-31-20-13-18(14-21(32-2)23(20)33-3)22(25(30)28-15-16-7-5-4-6-8-16)29-19-11-9-17(10-12-19)24(26)27/h4-14,22,29H,15H2,1-3H3,(H3,26,27)(H,28,30)/t22-/m1/s1. The number of nitrogens with one attached hydrogen (secondary N) is 3. The Morgan fingerprint density at radius 3 is 2.06 bits per heavy atom. The van der Waals surface area contributed by atoms with E-state index in [2.05, 4.69) is 10.6 Å². The van der Waals surface area contributed by atoms with E-state index in [0.717, 1.165) is 5.56 Å². The lowest BCUT2D eigenvalue weighted by Crippen LogP contribution is -2.33. The highest BCUT2D eigenvalue weighted by atomic mass is 16.5. The van der Waals surface area contributed by atoms with E-state index in [4.69, 9.17) is 25.4 Å². The molecule has 0 aliphatic heterocycles. The minimum Gasteiger partial charge on any atom is -0.493 e. The lowest BCUT2D eigenvalue weighted by molar-refractivity contribution is -0.122. The minimum absolute atomic E-state index is 0.0247. The summed E-state index contributed by atoms with van der Waals surface area (Å²) in [7, 11) is 4.58. The molecule has 0 spiro atoms. The minimum atomic E-state index is -0.759. The molecule has 0 unspecified atom stereocenters. The molecule has 172 valence electrons. The summed E-state index contributed by atoms with van der Waals surface area (Å²) in [6.07, 6.45) is 0. The van der Waals surface area contributed by atoms with Gasteiger partial charge in [-0.15, -0.1) is 0 Å². The fourth-order valence-electron chi connectivity index (χ4n) is 3.37. The quantitative estimate of drug-likeness (QED) is 0.279. The fraction of sp³-hybridized carbons (Fsp3) is 0.200. The van der Waals surface area contributed by atoms with E-state index < -0.39 is 6.04 Å². The van der Waals surface area contributed by atoms with Crippen LogP contribution in [0.25, 0.3) is 0 Å². The molecule has 0 radical (unpaired) electrons. The lowest BCUT2D eigenvalue weighted by atomic mass is 10.0. The van der Waals surface area contributed by atoms with Crippen LogP contribution in [0, 0.1) is 5.41 Å². The van der Waals surface area contributed by atoms with Crippen molar-refractivity contribution < 1.29 is 19.0 Å². The Bertz CT molecular complexity index is 1080.